The van der Waals surface area contributed by atoms with Gasteiger partial charge in [-0.3, -0.25) is 4.79 Å². The summed E-state index contributed by atoms with van der Waals surface area (Å²) >= 11 is 0. The van der Waals surface area contributed by atoms with E-state index in [4.69, 9.17) is 0 Å². The Labute approximate surface area is 108 Å². The molecule has 2 aromatic carbocycles. The maximum Gasteiger partial charge on any atom is 0.176 e. The maximum absolute atomic E-state index is 12.0. The number of Topliss-reactive ketones (excluding diaryl/α,β-unsaturated/α-hetero) is 1. The van der Waals surface area contributed by atoms with Crippen LogP contribution in [0.2, 0.25) is 0 Å². The minimum Gasteiger partial charge on any atom is -0.302 e. The van der Waals surface area contributed by atoms with Crippen molar-refractivity contribution >= 4 is 5.78 Å². The lowest BCUT2D eigenvalue weighted by atomic mass is 10.0. The van der Waals surface area contributed by atoms with Crippen LogP contribution < -0.4 is 0 Å². The second kappa shape index (κ2) is 5.61. The second-order valence-electron chi connectivity index (χ2n) is 4.61. The molecule has 0 N–H and O–H groups in total. The first-order chi connectivity index (χ1) is 8.66. The van der Waals surface area contributed by atoms with E-state index in [0.29, 0.717) is 6.54 Å². The predicted octanol–water partition coefficient (Wildman–Crippen LogP) is 3.10. The van der Waals surface area contributed by atoms with Gasteiger partial charge in [-0.2, -0.15) is 0 Å². The van der Waals surface area contributed by atoms with Crippen LogP contribution >= 0.6 is 0 Å². The van der Waals surface area contributed by atoms with Crippen LogP contribution in [0.3, 0.4) is 0 Å². The van der Waals surface area contributed by atoms with Crippen LogP contribution in [0.15, 0.2) is 54.6 Å². The van der Waals surface area contributed by atoms with Crippen molar-refractivity contribution in [3.63, 3.8) is 0 Å². The molecule has 0 aromatic heterocycles. The number of benzene rings is 2. The minimum absolute atomic E-state index is 0.151. The Kier molecular flexibility index (Phi) is 3.90. The molecule has 2 nitrogen and oxygen atoms in total. The molecule has 2 rings (SSSR count). The quantitative estimate of drug-likeness (QED) is 0.764. The van der Waals surface area contributed by atoms with Crippen LogP contribution in [0.1, 0.15) is 10.4 Å². The van der Waals surface area contributed by atoms with Crippen molar-refractivity contribution in [2.24, 2.45) is 0 Å². The molecule has 0 atom stereocenters. The highest BCUT2D eigenvalue weighted by atomic mass is 16.1. The maximum atomic E-state index is 12.0. The van der Waals surface area contributed by atoms with Gasteiger partial charge >= 0.3 is 0 Å². The van der Waals surface area contributed by atoms with Crippen molar-refractivity contribution in [3.8, 4) is 11.1 Å². The summed E-state index contributed by atoms with van der Waals surface area (Å²) in [6, 6.07) is 17.9. The topological polar surface area (TPSA) is 20.3 Å². The Morgan fingerprint density at radius 3 is 2.28 bits per heavy atom. The van der Waals surface area contributed by atoms with Gasteiger partial charge in [-0.25, -0.2) is 0 Å². The molecule has 2 heteroatoms. The SMILES string of the molecule is CN(C)CC(=O)c1cccc(-c2ccccc2)c1. The molecule has 0 spiro atoms. The van der Waals surface area contributed by atoms with E-state index in [1.165, 1.54) is 0 Å². The molecule has 0 aliphatic carbocycles. The molecule has 0 heterocycles. The lowest BCUT2D eigenvalue weighted by Gasteiger charge is -2.09. The lowest BCUT2D eigenvalue weighted by molar-refractivity contribution is 0.0958. The Balaban J connectivity index is 2.28. The van der Waals surface area contributed by atoms with E-state index in [9.17, 15) is 4.79 Å². The molecule has 92 valence electrons. The fraction of sp³-hybridized carbons (Fsp3) is 0.188. The van der Waals surface area contributed by atoms with Crippen LogP contribution in [0.25, 0.3) is 11.1 Å². The zero-order valence-electron chi connectivity index (χ0n) is 10.8. The lowest BCUT2D eigenvalue weighted by Crippen LogP contribution is -2.21. The van der Waals surface area contributed by atoms with Crippen molar-refractivity contribution in [3.05, 3.63) is 60.2 Å². The van der Waals surface area contributed by atoms with Crippen molar-refractivity contribution < 1.29 is 4.79 Å². The van der Waals surface area contributed by atoms with Crippen molar-refractivity contribution in [2.75, 3.05) is 20.6 Å². The number of ketones is 1. The van der Waals surface area contributed by atoms with Crippen molar-refractivity contribution in [1.82, 2.24) is 4.90 Å². The summed E-state index contributed by atoms with van der Waals surface area (Å²) in [7, 11) is 3.80. The Morgan fingerprint density at radius 2 is 1.61 bits per heavy atom. The predicted molar refractivity (Wildman–Crippen MR) is 74.8 cm³/mol. The molecule has 0 amide bonds. The van der Waals surface area contributed by atoms with Gasteiger partial charge < -0.3 is 4.90 Å². The third kappa shape index (κ3) is 3.05. The van der Waals surface area contributed by atoms with Crippen molar-refractivity contribution in [1.29, 1.82) is 0 Å². The smallest absolute Gasteiger partial charge is 0.176 e. The molecular weight excluding hydrogens is 222 g/mol. The molecule has 0 bridgehead atoms. The Morgan fingerprint density at radius 1 is 0.944 bits per heavy atom. The van der Waals surface area contributed by atoms with E-state index in [2.05, 4.69) is 12.1 Å². The van der Waals surface area contributed by atoms with Gasteiger partial charge in [-0.05, 0) is 31.3 Å². The summed E-state index contributed by atoms with van der Waals surface area (Å²) < 4.78 is 0. The van der Waals surface area contributed by atoms with Crippen LogP contribution in [0.4, 0.5) is 0 Å². The first-order valence-electron chi connectivity index (χ1n) is 6.00. The normalized spacial score (nSPS) is 10.6. The summed E-state index contributed by atoms with van der Waals surface area (Å²) in [5.41, 5.74) is 2.99. The number of hydrogen-bond acceptors (Lipinski definition) is 2. The molecule has 0 saturated carbocycles. The zero-order valence-corrected chi connectivity index (χ0v) is 10.8. The summed E-state index contributed by atoms with van der Waals surface area (Å²) in [6.45, 7) is 0.443. The van der Waals surface area contributed by atoms with E-state index >= 15 is 0 Å². The zero-order chi connectivity index (χ0) is 13.0. The van der Waals surface area contributed by atoms with Gasteiger partial charge in [0.15, 0.2) is 5.78 Å². The third-order valence-electron chi connectivity index (χ3n) is 2.75. The van der Waals surface area contributed by atoms with Crippen LogP contribution in [0, 0.1) is 0 Å². The molecule has 0 aliphatic rings. The molecule has 18 heavy (non-hydrogen) atoms. The van der Waals surface area contributed by atoms with Crippen LogP contribution in [0.5, 0.6) is 0 Å². The van der Waals surface area contributed by atoms with Gasteiger partial charge in [-0.1, -0.05) is 48.5 Å². The Hall–Kier alpha value is -1.93. The van der Waals surface area contributed by atoms with Gasteiger partial charge in [0.2, 0.25) is 0 Å². The van der Waals surface area contributed by atoms with E-state index in [-0.39, 0.29) is 5.78 Å². The van der Waals surface area contributed by atoms with Gasteiger partial charge in [0.1, 0.15) is 0 Å². The molecule has 0 radical (unpaired) electrons. The molecule has 0 fully saturated rings. The number of carbonyl (C=O) groups excluding carboxylic acids is 1. The average Bonchev–Trinajstić information content (AvgIpc) is 2.39. The second-order valence-corrected chi connectivity index (χ2v) is 4.61. The first-order valence-corrected chi connectivity index (χ1v) is 6.00. The number of hydrogen-bond donors (Lipinski definition) is 0. The monoisotopic (exact) mass is 239 g/mol. The summed E-state index contributed by atoms with van der Waals surface area (Å²) in [4.78, 5) is 13.9. The highest BCUT2D eigenvalue weighted by Crippen LogP contribution is 2.20. The van der Waals surface area contributed by atoms with Gasteiger partial charge in [0, 0.05) is 5.56 Å². The third-order valence-corrected chi connectivity index (χ3v) is 2.75. The summed E-state index contributed by atoms with van der Waals surface area (Å²) in [6.07, 6.45) is 0. The fourth-order valence-corrected chi connectivity index (χ4v) is 1.88. The molecule has 0 saturated heterocycles. The largest absolute Gasteiger partial charge is 0.302 e. The number of carbonyl (C=O) groups is 1. The molecule has 0 unspecified atom stereocenters. The van der Waals surface area contributed by atoms with Gasteiger partial charge in [0.25, 0.3) is 0 Å². The number of nitrogens with zero attached hydrogens (tertiary/aromatic N) is 1. The average molecular weight is 239 g/mol. The standard InChI is InChI=1S/C16H17NO/c1-17(2)12-16(18)15-10-6-9-14(11-15)13-7-4-3-5-8-13/h3-11H,12H2,1-2H3. The minimum atomic E-state index is 0.151. The number of likely N-dealkylation sites (N-methyl/N-ethyl adjacent to an activating group) is 1. The van der Waals surface area contributed by atoms with Crippen LogP contribution in [-0.4, -0.2) is 31.3 Å². The molecule has 2 aromatic rings. The van der Waals surface area contributed by atoms with E-state index in [0.717, 1.165) is 16.7 Å². The van der Waals surface area contributed by atoms with E-state index in [1.807, 2.05) is 61.5 Å². The molecule has 0 aliphatic heterocycles. The Bertz CT molecular complexity index is 532. The van der Waals surface area contributed by atoms with E-state index < -0.39 is 0 Å². The summed E-state index contributed by atoms with van der Waals surface area (Å²) in [5.74, 6) is 0.151. The van der Waals surface area contributed by atoms with E-state index in [1.54, 1.807) is 0 Å². The molecular formula is C16H17NO. The highest BCUT2D eigenvalue weighted by Gasteiger charge is 2.07. The highest BCUT2D eigenvalue weighted by molar-refractivity contribution is 5.98. The van der Waals surface area contributed by atoms with Gasteiger partial charge in [0.05, 0.1) is 6.54 Å². The van der Waals surface area contributed by atoms with Crippen molar-refractivity contribution in [2.45, 2.75) is 0 Å². The van der Waals surface area contributed by atoms with Crippen LogP contribution in [-0.2, 0) is 0 Å². The number of rotatable bonds is 4. The summed E-state index contributed by atoms with van der Waals surface area (Å²) in [5, 5.41) is 0. The fourth-order valence-electron chi connectivity index (χ4n) is 1.88. The van der Waals surface area contributed by atoms with Gasteiger partial charge in [-0.15, -0.1) is 0 Å². The first kappa shape index (κ1) is 12.5.